The quantitative estimate of drug-likeness (QED) is 0.785. The average Bonchev–Trinajstić information content (AvgIpc) is 2.55. The lowest BCUT2D eigenvalue weighted by Crippen LogP contribution is -2.48. The standard InChI is InChI=1S/C12H24N2O2S2/c1-18(15,16)14-8-5-9-17-11-12(14)10-13-6-3-2-4-7-13/h12H,2-11H2,1H3. The monoisotopic (exact) mass is 292 g/mol. The Balaban J connectivity index is 2.01. The van der Waals surface area contributed by atoms with E-state index in [1.807, 2.05) is 11.8 Å². The molecule has 0 bridgehead atoms. The number of likely N-dealkylation sites (tertiary alicyclic amines) is 1. The molecule has 0 saturated carbocycles. The summed E-state index contributed by atoms with van der Waals surface area (Å²) in [5.41, 5.74) is 0. The van der Waals surface area contributed by atoms with Gasteiger partial charge in [0.2, 0.25) is 10.0 Å². The lowest BCUT2D eigenvalue weighted by molar-refractivity contribution is 0.183. The second-order valence-electron chi connectivity index (χ2n) is 5.32. The first-order valence-corrected chi connectivity index (χ1v) is 9.84. The summed E-state index contributed by atoms with van der Waals surface area (Å²) in [5.74, 6) is 2.03. The highest BCUT2D eigenvalue weighted by atomic mass is 32.2. The third-order valence-electron chi connectivity index (χ3n) is 3.73. The normalized spacial score (nSPS) is 29.1. The summed E-state index contributed by atoms with van der Waals surface area (Å²) in [7, 11) is -3.06. The number of sulfonamides is 1. The molecular formula is C12H24N2O2S2. The van der Waals surface area contributed by atoms with Gasteiger partial charge in [-0.3, -0.25) is 0 Å². The van der Waals surface area contributed by atoms with Crippen LogP contribution in [0.4, 0.5) is 0 Å². The molecule has 0 N–H and O–H groups in total. The number of hydrogen-bond donors (Lipinski definition) is 0. The second kappa shape index (κ2) is 6.59. The molecule has 2 rings (SSSR count). The summed E-state index contributed by atoms with van der Waals surface area (Å²) < 4.78 is 25.5. The first-order valence-electron chi connectivity index (χ1n) is 6.84. The highest BCUT2D eigenvalue weighted by molar-refractivity contribution is 7.99. The van der Waals surface area contributed by atoms with Gasteiger partial charge in [0.25, 0.3) is 0 Å². The maximum Gasteiger partial charge on any atom is 0.211 e. The highest BCUT2D eigenvalue weighted by Crippen LogP contribution is 2.21. The van der Waals surface area contributed by atoms with E-state index in [0.29, 0.717) is 6.54 Å². The lowest BCUT2D eigenvalue weighted by Gasteiger charge is -2.34. The Morgan fingerprint density at radius 1 is 1.11 bits per heavy atom. The van der Waals surface area contributed by atoms with Crippen LogP contribution in [0.1, 0.15) is 25.7 Å². The Hall–Kier alpha value is 0.220. The Kier molecular flexibility index (Phi) is 5.35. The van der Waals surface area contributed by atoms with Gasteiger partial charge in [-0.05, 0) is 38.1 Å². The van der Waals surface area contributed by atoms with Crippen molar-refractivity contribution in [2.45, 2.75) is 31.7 Å². The van der Waals surface area contributed by atoms with Crippen LogP contribution < -0.4 is 0 Å². The van der Waals surface area contributed by atoms with Crippen LogP contribution >= 0.6 is 11.8 Å². The average molecular weight is 292 g/mol. The molecule has 1 unspecified atom stereocenters. The SMILES string of the molecule is CS(=O)(=O)N1CCCSCC1CN1CCCCC1. The fourth-order valence-corrected chi connectivity index (χ4v) is 5.12. The topological polar surface area (TPSA) is 40.6 Å². The molecule has 2 aliphatic rings. The minimum atomic E-state index is -3.06. The maximum absolute atomic E-state index is 11.9. The Labute approximate surface area is 115 Å². The van der Waals surface area contributed by atoms with Crippen molar-refractivity contribution >= 4 is 21.8 Å². The van der Waals surface area contributed by atoms with Crippen molar-refractivity contribution in [3.05, 3.63) is 0 Å². The fraction of sp³-hybridized carbons (Fsp3) is 1.00. The third kappa shape index (κ3) is 4.11. The third-order valence-corrected chi connectivity index (χ3v) is 6.26. The first kappa shape index (κ1) is 14.6. The zero-order valence-electron chi connectivity index (χ0n) is 11.2. The van der Waals surface area contributed by atoms with E-state index in [1.165, 1.54) is 25.5 Å². The molecule has 2 fully saturated rings. The van der Waals surface area contributed by atoms with Crippen LogP contribution in [0.25, 0.3) is 0 Å². The molecule has 2 heterocycles. The molecule has 0 aromatic rings. The van der Waals surface area contributed by atoms with Crippen molar-refractivity contribution in [2.75, 3.05) is 43.9 Å². The largest absolute Gasteiger partial charge is 0.302 e. The van der Waals surface area contributed by atoms with Gasteiger partial charge in [0.05, 0.1) is 6.26 Å². The minimum Gasteiger partial charge on any atom is -0.302 e. The van der Waals surface area contributed by atoms with Crippen LogP contribution in [0.5, 0.6) is 0 Å². The second-order valence-corrected chi connectivity index (χ2v) is 8.40. The van der Waals surface area contributed by atoms with E-state index in [0.717, 1.165) is 37.6 Å². The van der Waals surface area contributed by atoms with E-state index >= 15 is 0 Å². The predicted octanol–water partition coefficient (Wildman–Crippen LogP) is 1.24. The van der Waals surface area contributed by atoms with Crippen molar-refractivity contribution < 1.29 is 8.42 Å². The molecular weight excluding hydrogens is 268 g/mol. The molecule has 106 valence electrons. The van der Waals surface area contributed by atoms with Crippen molar-refractivity contribution in [1.82, 2.24) is 9.21 Å². The Bertz CT molecular complexity index is 353. The summed E-state index contributed by atoms with van der Waals surface area (Å²) in [5, 5.41) is 0. The van der Waals surface area contributed by atoms with E-state index in [-0.39, 0.29) is 6.04 Å². The van der Waals surface area contributed by atoms with Gasteiger partial charge >= 0.3 is 0 Å². The van der Waals surface area contributed by atoms with Gasteiger partial charge in [0, 0.05) is 24.9 Å². The summed E-state index contributed by atoms with van der Waals surface area (Å²) in [6.07, 6.45) is 6.18. The van der Waals surface area contributed by atoms with E-state index in [1.54, 1.807) is 4.31 Å². The first-order chi connectivity index (χ1) is 8.57. The number of hydrogen-bond acceptors (Lipinski definition) is 4. The molecule has 0 aromatic carbocycles. The van der Waals surface area contributed by atoms with Crippen molar-refractivity contribution in [3.63, 3.8) is 0 Å². The number of nitrogens with zero attached hydrogens (tertiary/aromatic N) is 2. The van der Waals surface area contributed by atoms with Gasteiger partial charge in [0.15, 0.2) is 0 Å². The summed E-state index contributed by atoms with van der Waals surface area (Å²) >= 11 is 1.90. The molecule has 0 radical (unpaired) electrons. The van der Waals surface area contributed by atoms with Crippen LogP contribution in [-0.4, -0.2) is 67.6 Å². The van der Waals surface area contributed by atoms with Gasteiger partial charge in [-0.1, -0.05) is 6.42 Å². The van der Waals surface area contributed by atoms with Gasteiger partial charge in [-0.2, -0.15) is 16.1 Å². The number of rotatable bonds is 3. The van der Waals surface area contributed by atoms with Crippen molar-refractivity contribution in [2.24, 2.45) is 0 Å². The van der Waals surface area contributed by atoms with E-state index < -0.39 is 10.0 Å². The van der Waals surface area contributed by atoms with Crippen LogP contribution in [0.2, 0.25) is 0 Å². The molecule has 4 nitrogen and oxygen atoms in total. The summed E-state index contributed by atoms with van der Waals surface area (Å²) in [6, 6.07) is 0.172. The van der Waals surface area contributed by atoms with Gasteiger partial charge in [-0.25, -0.2) is 8.42 Å². The minimum absolute atomic E-state index is 0.172. The van der Waals surface area contributed by atoms with Gasteiger partial charge in [-0.15, -0.1) is 0 Å². The zero-order valence-corrected chi connectivity index (χ0v) is 12.8. The Morgan fingerprint density at radius 3 is 2.50 bits per heavy atom. The predicted molar refractivity (Wildman–Crippen MR) is 77.6 cm³/mol. The van der Waals surface area contributed by atoms with Gasteiger partial charge in [0.1, 0.15) is 0 Å². The molecule has 2 aliphatic heterocycles. The van der Waals surface area contributed by atoms with Crippen LogP contribution in [0.3, 0.4) is 0 Å². The summed E-state index contributed by atoms with van der Waals surface area (Å²) in [4.78, 5) is 2.44. The molecule has 0 amide bonds. The molecule has 18 heavy (non-hydrogen) atoms. The lowest BCUT2D eigenvalue weighted by atomic mass is 10.1. The van der Waals surface area contributed by atoms with Crippen LogP contribution in [0.15, 0.2) is 0 Å². The molecule has 0 spiro atoms. The van der Waals surface area contributed by atoms with E-state index in [9.17, 15) is 8.42 Å². The number of piperidine rings is 1. The Morgan fingerprint density at radius 2 is 1.83 bits per heavy atom. The smallest absolute Gasteiger partial charge is 0.211 e. The molecule has 2 saturated heterocycles. The molecule has 0 aromatic heterocycles. The van der Waals surface area contributed by atoms with E-state index in [2.05, 4.69) is 4.90 Å². The van der Waals surface area contributed by atoms with Crippen LogP contribution in [-0.2, 0) is 10.0 Å². The number of thioether (sulfide) groups is 1. The molecule has 0 aliphatic carbocycles. The highest BCUT2D eigenvalue weighted by Gasteiger charge is 2.30. The maximum atomic E-state index is 11.9. The zero-order chi connectivity index (χ0) is 13.0. The summed E-state index contributed by atoms with van der Waals surface area (Å²) in [6.45, 7) is 3.89. The van der Waals surface area contributed by atoms with Gasteiger partial charge < -0.3 is 4.90 Å². The van der Waals surface area contributed by atoms with E-state index in [4.69, 9.17) is 0 Å². The van der Waals surface area contributed by atoms with Crippen molar-refractivity contribution in [1.29, 1.82) is 0 Å². The van der Waals surface area contributed by atoms with Crippen LogP contribution in [0, 0.1) is 0 Å². The molecule has 6 heteroatoms. The molecule has 1 atom stereocenters. The van der Waals surface area contributed by atoms with Crippen molar-refractivity contribution in [3.8, 4) is 0 Å². The fourth-order valence-electron chi connectivity index (χ4n) is 2.83.